The lowest BCUT2D eigenvalue weighted by molar-refractivity contribution is -0.115. The largest absolute Gasteiger partial charge is 0.310 e. The Kier molecular flexibility index (Phi) is 4.96. The van der Waals surface area contributed by atoms with Gasteiger partial charge in [0, 0.05) is 13.1 Å². The highest BCUT2D eigenvalue weighted by Crippen LogP contribution is 2.27. The lowest BCUT2D eigenvalue weighted by atomic mass is 10.4. The molecule has 2 N–H and O–H groups in total. The van der Waals surface area contributed by atoms with Crippen molar-refractivity contribution in [3.63, 3.8) is 0 Å². The monoisotopic (exact) mass is 258 g/mol. The van der Waals surface area contributed by atoms with E-state index in [2.05, 4.69) is 15.7 Å². The zero-order valence-corrected chi connectivity index (χ0v) is 11.0. The van der Waals surface area contributed by atoms with Crippen LogP contribution >= 0.6 is 12.4 Å². The van der Waals surface area contributed by atoms with Crippen molar-refractivity contribution < 1.29 is 4.79 Å². The number of carbonyl (C=O) groups is 1. The normalized spacial score (nSPS) is 14.2. The van der Waals surface area contributed by atoms with Crippen molar-refractivity contribution in [2.75, 3.05) is 18.4 Å². The van der Waals surface area contributed by atoms with Gasteiger partial charge in [-0.05, 0) is 32.2 Å². The molecular formula is C11H19ClN4O. The molecule has 1 aliphatic carbocycles. The molecule has 0 spiro atoms. The molecule has 0 aromatic carbocycles. The summed E-state index contributed by atoms with van der Waals surface area (Å²) in [5.41, 5.74) is 0.906. The Balaban J connectivity index is 0.00000144. The third-order valence-corrected chi connectivity index (χ3v) is 2.68. The summed E-state index contributed by atoms with van der Waals surface area (Å²) in [6.07, 6.45) is 2.60. The van der Waals surface area contributed by atoms with E-state index in [0.29, 0.717) is 6.54 Å². The Morgan fingerprint density at radius 1 is 1.59 bits per heavy atom. The number of aromatic nitrogens is 2. The first-order valence-corrected chi connectivity index (χ1v) is 5.66. The van der Waals surface area contributed by atoms with E-state index < -0.39 is 0 Å². The van der Waals surface area contributed by atoms with Crippen molar-refractivity contribution in [2.24, 2.45) is 13.0 Å². The first-order chi connectivity index (χ1) is 7.65. The van der Waals surface area contributed by atoms with Crippen LogP contribution in [-0.2, 0) is 11.8 Å². The number of rotatable bonds is 5. The minimum Gasteiger partial charge on any atom is -0.310 e. The Hall–Kier alpha value is -1.07. The number of halogens is 1. The fraction of sp³-hybridized carbons (Fsp3) is 0.636. The van der Waals surface area contributed by atoms with Crippen molar-refractivity contribution in [1.82, 2.24) is 15.1 Å². The quantitative estimate of drug-likeness (QED) is 0.831. The number of nitrogens with zero attached hydrogens (tertiary/aromatic N) is 2. The van der Waals surface area contributed by atoms with Gasteiger partial charge in [0.15, 0.2) is 0 Å². The highest BCUT2D eigenvalue weighted by molar-refractivity contribution is 5.91. The van der Waals surface area contributed by atoms with Crippen LogP contribution in [-0.4, -0.2) is 28.8 Å². The molecule has 6 heteroatoms. The van der Waals surface area contributed by atoms with E-state index in [1.165, 1.54) is 12.8 Å². The molecule has 0 radical (unpaired) electrons. The van der Waals surface area contributed by atoms with E-state index in [9.17, 15) is 4.79 Å². The van der Waals surface area contributed by atoms with Crippen molar-refractivity contribution in [3.05, 3.63) is 11.8 Å². The van der Waals surface area contributed by atoms with Crippen LogP contribution in [0.25, 0.3) is 0 Å². The summed E-state index contributed by atoms with van der Waals surface area (Å²) in [6, 6.07) is 1.86. The maximum atomic E-state index is 11.6. The molecule has 1 fully saturated rings. The number of anilines is 1. The molecule has 17 heavy (non-hydrogen) atoms. The van der Waals surface area contributed by atoms with Crippen molar-refractivity contribution in [1.29, 1.82) is 0 Å². The smallest absolute Gasteiger partial charge is 0.239 e. The van der Waals surface area contributed by atoms with Crippen LogP contribution in [0.5, 0.6) is 0 Å². The summed E-state index contributed by atoms with van der Waals surface area (Å²) in [5, 5.41) is 10.1. The number of aryl methyl sites for hydroxylation is 2. The number of hydrogen-bond donors (Lipinski definition) is 2. The Morgan fingerprint density at radius 3 is 2.82 bits per heavy atom. The van der Waals surface area contributed by atoms with Crippen LogP contribution in [0.2, 0.25) is 0 Å². The summed E-state index contributed by atoms with van der Waals surface area (Å²) >= 11 is 0. The topological polar surface area (TPSA) is 59.0 Å². The Morgan fingerprint density at radius 2 is 2.29 bits per heavy atom. The summed E-state index contributed by atoms with van der Waals surface area (Å²) in [4.78, 5) is 11.6. The number of hydrogen-bond acceptors (Lipinski definition) is 3. The van der Waals surface area contributed by atoms with Crippen molar-refractivity contribution in [3.8, 4) is 0 Å². The molecule has 0 bridgehead atoms. The minimum atomic E-state index is -0.0105. The molecule has 0 aliphatic heterocycles. The second kappa shape index (κ2) is 6.02. The molecule has 1 amide bonds. The molecule has 1 aromatic rings. The maximum Gasteiger partial charge on any atom is 0.239 e. The van der Waals surface area contributed by atoms with Gasteiger partial charge in [-0.25, -0.2) is 0 Å². The average Bonchev–Trinajstić information content (AvgIpc) is 2.95. The maximum absolute atomic E-state index is 11.6. The van der Waals surface area contributed by atoms with E-state index >= 15 is 0 Å². The van der Waals surface area contributed by atoms with Crippen LogP contribution in [0.1, 0.15) is 18.5 Å². The lowest BCUT2D eigenvalue weighted by Gasteiger charge is -2.05. The van der Waals surface area contributed by atoms with Crippen LogP contribution in [0, 0.1) is 12.8 Å². The third-order valence-electron chi connectivity index (χ3n) is 2.68. The number of amides is 1. The van der Waals surface area contributed by atoms with Gasteiger partial charge in [-0.3, -0.25) is 9.48 Å². The molecule has 1 aliphatic rings. The molecule has 5 nitrogen and oxygen atoms in total. The van der Waals surface area contributed by atoms with Crippen LogP contribution in [0.4, 0.5) is 5.82 Å². The predicted molar refractivity (Wildman–Crippen MR) is 69.4 cm³/mol. The van der Waals surface area contributed by atoms with E-state index in [4.69, 9.17) is 0 Å². The molecule has 1 heterocycles. The van der Waals surface area contributed by atoms with Gasteiger partial charge in [-0.1, -0.05) is 0 Å². The fourth-order valence-electron chi connectivity index (χ4n) is 1.63. The molecular weight excluding hydrogens is 240 g/mol. The van der Waals surface area contributed by atoms with Gasteiger partial charge in [0.2, 0.25) is 5.91 Å². The molecule has 1 aromatic heterocycles. The lowest BCUT2D eigenvalue weighted by Crippen LogP contribution is -2.30. The second-order valence-electron chi connectivity index (χ2n) is 4.42. The third kappa shape index (κ3) is 4.36. The molecule has 2 rings (SSSR count). The van der Waals surface area contributed by atoms with E-state index in [0.717, 1.165) is 24.0 Å². The van der Waals surface area contributed by atoms with Gasteiger partial charge in [0.25, 0.3) is 0 Å². The standard InChI is InChI=1S/C11H18N4O.ClH/c1-8-5-10(15(2)14-8)13-11(16)7-12-6-9-3-4-9;/h5,9,12H,3-4,6-7H2,1-2H3,(H,13,16);1H. The summed E-state index contributed by atoms with van der Waals surface area (Å²) in [7, 11) is 1.82. The summed E-state index contributed by atoms with van der Waals surface area (Å²) in [5.74, 6) is 1.53. The molecule has 1 saturated carbocycles. The summed E-state index contributed by atoms with van der Waals surface area (Å²) in [6.45, 7) is 3.24. The SMILES string of the molecule is Cc1cc(NC(=O)CNCC2CC2)n(C)n1.Cl. The Bertz CT molecular complexity index is 387. The van der Waals surface area contributed by atoms with Crippen LogP contribution in [0.15, 0.2) is 6.07 Å². The average molecular weight is 259 g/mol. The van der Waals surface area contributed by atoms with Crippen LogP contribution < -0.4 is 10.6 Å². The van der Waals surface area contributed by atoms with Crippen LogP contribution in [0.3, 0.4) is 0 Å². The highest BCUT2D eigenvalue weighted by atomic mass is 35.5. The van der Waals surface area contributed by atoms with Gasteiger partial charge in [0.1, 0.15) is 5.82 Å². The molecule has 0 unspecified atom stereocenters. The number of carbonyl (C=O) groups excluding carboxylic acids is 1. The van der Waals surface area contributed by atoms with Gasteiger partial charge in [-0.15, -0.1) is 12.4 Å². The van der Waals surface area contributed by atoms with Gasteiger partial charge >= 0.3 is 0 Å². The van der Waals surface area contributed by atoms with E-state index in [-0.39, 0.29) is 18.3 Å². The summed E-state index contributed by atoms with van der Waals surface area (Å²) < 4.78 is 1.67. The zero-order valence-electron chi connectivity index (χ0n) is 10.2. The fourth-order valence-corrected chi connectivity index (χ4v) is 1.63. The van der Waals surface area contributed by atoms with E-state index in [1.807, 2.05) is 20.0 Å². The van der Waals surface area contributed by atoms with Gasteiger partial charge in [-0.2, -0.15) is 5.10 Å². The zero-order chi connectivity index (χ0) is 11.5. The van der Waals surface area contributed by atoms with Crippen molar-refractivity contribution in [2.45, 2.75) is 19.8 Å². The van der Waals surface area contributed by atoms with Crippen molar-refractivity contribution >= 4 is 24.1 Å². The van der Waals surface area contributed by atoms with Gasteiger partial charge in [0.05, 0.1) is 12.2 Å². The van der Waals surface area contributed by atoms with Gasteiger partial charge < -0.3 is 10.6 Å². The first kappa shape index (κ1) is 14.0. The first-order valence-electron chi connectivity index (χ1n) is 5.66. The number of nitrogens with one attached hydrogen (secondary N) is 2. The Labute approximate surface area is 107 Å². The highest BCUT2D eigenvalue weighted by Gasteiger charge is 2.20. The molecule has 0 saturated heterocycles. The van der Waals surface area contributed by atoms with E-state index in [1.54, 1.807) is 4.68 Å². The minimum absolute atomic E-state index is 0. The molecule has 0 atom stereocenters. The predicted octanol–water partition coefficient (Wildman–Crippen LogP) is 1.09. The second-order valence-corrected chi connectivity index (χ2v) is 4.42. The molecule has 96 valence electrons.